The van der Waals surface area contributed by atoms with Gasteiger partial charge in [0.2, 0.25) is 5.91 Å². The van der Waals surface area contributed by atoms with Crippen LogP contribution in [0, 0.1) is 0 Å². The molecule has 1 aromatic carbocycles. The molecule has 1 amide bonds. The zero-order valence-electron chi connectivity index (χ0n) is 12.9. The first-order valence-electron chi connectivity index (χ1n) is 7.79. The third-order valence-corrected chi connectivity index (χ3v) is 4.23. The fraction of sp³-hybridized carbons (Fsp3) is 0.333. The van der Waals surface area contributed by atoms with Crippen LogP contribution in [0.4, 0.5) is 5.69 Å². The Morgan fingerprint density at radius 3 is 2.59 bits per heavy atom. The number of anilines is 1. The number of hydrogen-bond acceptors (Lipinski definition) is 3. The minimum atomic E-state index is -0.0293. The van der Waals surface area contributed by atoms with Crippen molar-refractivity contribution in [2.75, 3.05) is 18.0 Å². The highest BCUT2D eigenvalue weighted by molar-refractivity contribution is 5.99. The number of carbonyl (C=O) groups excluding carboxylic acids is 1. The lowest BCUT2D eigenvalue weighted by Gasteiger charge is -2.26. The molecule has 0 aliphatic carbocycles. The summed E-state index contributed by atoms with van der Waals surface area (Å²) in [7, 11) is 0. The maximum absolute atomic E-state index is 12.8. The molecule has 0 spiro atoms. The van der Waals surface area contributed by atoms with Gasteiger partial charge >= 0.3 is 0 Å². The first kappa shape index (κ1) is 14.7. The zero-order valence-corrected chi connectivity index (χ0v) is 12.9. The van der Waals surface area contributed by atoms with Crippen LogP contribution >= 0.6 is 0 Å². The molecule has 22 heavy (non-hydrogen) atoms. The molecule has 1 aliphatic heterocycles. The quantitative estimate of drug-likeness (QED) is 0.851. The van der Waals surface area contributed by atoms with Crippen LogP contribution in [0.2, 0.25) is 0 Å². The summed E-state index contributed by atoms with van der Waals surface area (Å²) < 4.78 is 0. The van der Waals surface area contributed by atoms with Crippen LogP contribution in [0.3, 0.4) is 0 Å². The van der Waals surface area contributed by atoms with Gasteiger partial charge in [-0.3, -0.25) is 14.7 Å². The van der Waals surface area contributed by atoms with E-state index in [-0.39, 0.29) is 11.9 Å². The van der Waals surface area contributed by atoms with Crippen LogP contribution < -0.4 is 4.90 Å². The van der Waals surface area contributed by atoms with Gasteiger partial charge in [-0.1, -0.05) is 25.1 Å². The number of rotatable bonds is 5. The first-order valence-corrected chi connectivity index (χ1v) is 7.79. The highest BCUT2D eigenvalue weighted by atomic mass is 16.2. The average molecular weight is 295 g/mol. The second-order valence-electron chi connectivity index (χ2n) is 5.55. The second-order valence-corrected chi connectivity index (χ2v) is 5.55. The Labute approximate surface area is 131 Å². The molecule has 1 aliphatic rings. The van der Waals surface area contributed by atoms with Gasteiger partial charge in [-0.25, -0.2) is 0 Å². The van der Waals surface area contributed by atoms with E-state index in [2.05, 4.69) is 16.8 Å². The van der Waals surface area contributed by atoms with Crippen LogP contribution in [0.5, 0.6) is 0 Å². The van der Waals surface area contributed by atoms with Gasteiger partial charge in [-0.2, -0.15) is 0 Å². The van der Waals surface area contributed by atoms with Crippen molar-refractivity contribution in [2.45, 2.75) is 25.9 Å². The average Bonchev–Trinajstić information content (AvgIpc) is 2.96. The molecule has 1 saturated heterocycles. The SMILES string of the molecule is CCN(Cc1ccncc1)C1CCN(c2ccccc2)C1=O. The van der Waals surface area contributed by atoms with E-state index < -0.39 is 0 Å². The van der Waals surface area contributed by atoms with Crippen molar-refractivity contribution < 1.29 is 4.79 Å². The summed E-state index contributed by atoms with van der Waals surface area (Å²) in [5.41, 5.74) is 2.19. The lowest BCUT2D eigenvalue weighted by Crippen LogP contribution is -2.41. The fourth-order valence-corrected chi connectivity index (χ4v) is 3.03. The summed E-state index contributed by atoms with van der Waals surface area (Å²) in [4.78, 5) is 21.0. The standard InChI is InChI=1S/C18H21N3O/c1-2-20(14-15-8-11-19-12-9-15)17-10-13-21(18(17)22)16-6-4-3-5-7-16/h3-9,11-12,17H,2,10,13-14H2,1H3. The monoisotopic (exact) mass is 295 g/mol. The van der Waals surface area contributed by atoms with E-state index in [1.165, 1.54) is 5.56 Å². The summed E-state index contributed by atoms with van der Waals surface area (Å²) in [5, 5.41) is 0. The Morgan fingerprint density at radius 2 is 1.91 bits per heavy atom. The van der Waals surface area contributed by atoms with Gasteiger partial charge in [-0.15, -0.1) is 0 Å². The van der Waals surface area contributed by atoms with Crippen LogP contribution in [0.1, 0.15) is 18.9 Å². The minimum absolute atomic E-state index is 0.0293. The molecule has 4 nitrogen and oxygen atoms in total. The number of aromatic nitrogens is 1. The van der Waals surface area contributed by atoms with E-state index in [0.29, 0.717) is 0 Å². The maximum atomic E-state index is 12.8. The normalized spacial score (nSPS) is 18.2. The number of pyridine rings is 1. The summed E-state index contributed by atoms with van der Waals surface area (Å²) in [5.74, 6) is 0.210. The molecular weight excluding hydrogens is 274 g/mol. The number of likely N-dealkylation sites (N-methyl/N-ethyl adjacent to an activating group) is 1. The lowest BCUT2D eigenvalue weighted by atomic mass is 10.1. The molecule has 0 radical (unpaired) electrons. The van der Waals surface area contributed by atoms with Gasteiger partial charge < -0.3 is 4.90 Å². The minimum Gasteiger partial charge on any atom is -0.311 e. The lowest BCUT2D eigenvalue weighted by molar-refractivity contribution is -0.121. The summed E-state index contributed by atoms with van der Waals surface area (Å²) >= 11 is 0. The number of nitrogens with zero attached hydrogens (tertiary/aromatic N) is 3. The number of para-hydroxylation sites is 1. The third kappa shape index (κ3) is 3.02. The molecule has 2 heterocycles. The van der Waals surface area contributed by atoms with Gasteiger partial charge in [0.15, 0.2) is 0 Å². The van der Waals surface area contributed by atoms with E-state index in [4.69, 9.17) is 0 Å². The molecule has 2 aromatic rings. The third-order valence-electron chi connectivity index (χ3n) is 4.23. The highest BCUT2D eigenvalue weighted by Gasteiger charge is 2.35. The van der Waals surface area contributed by atoms with Gasteiger partial charge in [0, 0.05) is 31.2 Å². The largest absolute Gasteiger partial charge is 0.311 e. The van der Waals surface area contributed by atoms with E-state index in [1.807, 2.05) is 47.4 Å². The Balaban J connectivity index is 1.73. The van der Waals surface area contributed by atoms with Crippen LogP contribution in [-0.4, -0.2) is 34.9 Å². The molecule has 1 fully saturated rings. The Morgan fingerprint density at radius 1 is 1.18 bits per heavy atom. The number of carbonyl (C=O) groups is 1. The van der Waals surface area contributed by atoms with Gasteiger partial charge in [0.05, 0.1) is 6.04 Å². The topological polar surface area (TPSA) is 36.4 Å². The zero-order chi connectivity index (χ0) is 15.4. The van der Waals surface area contributed by atoms with E-state index in [9.17, 15) is 4.79 Å². The Kier molecular flexibility index (Phi) is 4.49. The van der Waals surface area contributed by atoms with Crippen molar-refractivity contribution in [3.05, 3.63) is 60.4 Å². The summed E-state index contributed by atoms with van der Waals surface area (Å²) in [6, 6.07) is 13.9. The Hall–Kier alpha value is -2.20. The van der Waals surface area contributed by atoms with Crippen molar-refractivity contribution in [1.29, 1.82) is 0 Å². The van der Waals surface area contributed by atoms with Crippen LogP contribution in [-0.2, 0) is 11.3 Å². The predicted molar refractivity (Wildman–Crippen MR) is 87.5 cm³/mol. The summed E-state index contributed by atoms with van der Waals surface area (Å²) in [6.45, 7) is 4.55. The van der Waals surface area contributed by atoms with Crippen molar-refractivity contribution in [2.24, 2.45) is 0 Å². The van der Waals surface area contributed by atoms with E-state index in [1.54, 1.807) is 12.4 Å². The molecule has 114 valence electrons. The second kappa shape index (κ2) is 6.71. The van der Waals surface area contributed by atoms with Crippen molar-refractivity contribution >= 4 is 11.6 Å². The van der Waals surface area contributed by atoms with Crippen molar-refractivity contribution in [1.82, 2.24) is 9.88 Å². The Bertz CT molecular complexity index is 615. The van der Waals surface area contributed by atoms with Gasteiger partial charge in [-0.05, 0) is 42.8 Å². The number of amides is 1. The number of hydrogen-bond donors (Lipinski definition) is 0. The van der Waals surface area contributed by atoms with E-state index in [0.717, 1.165) is 31.7 Å². The van der Waals surface area contributed by atoms with E-state index >= 15 is 0 Å². The molecule has 0 N–H and O–H groups in total. The maximum Gasteiger partial charge on any atom is 0.244 e. The van der Waals surface area contributed by atoms with Gasteiger partial charge in [0.1, 0.15) is 0 Å². The van der Waals surface area contributed by atoms with Crippen molar-refractivity contribution in [3.63, 3.8) is 0 Å². The van der Waals surface area contributed by atoms with Crippen LogP contribution in [0.15, 0.2) is 54.9 Å². The molecule has 0 bridgehead atoms. The predicted octanol–water partition coefficient (Wildman–Crippen LogP) is 2.71. The molecule has 1 aromatic heterocycles. The molecule has 1 atom stereocenters. The molecule has 0 saturated carbocycles. The van der Waals surface area contributed by atoms with Crippen molar-refractivity contribution in [3.8, 4) is 0 Å². The first-order chi connectivity index (χ1) is 10.8. The smallest absolute Gasteiger partial charge is 0.244 e. The molecule has 3 rings (SSSR count). The molecule has 1 unspecified atom stereocenters. The number of benzene rings is 1. The molecule has 4 heteroatoms. The van der Waals surface area contributed by atoms with Gasteiger partial charge in [0.25, 0.3) is 0 Å². The highest BCUT2D eigenvalue weighted by Crippen LogP contribution is 2.25. The summed E-state index contributed by atoms with van der Waals surface area (Å²) in [6.07, 6.45) is 4.48. The van der Waals surface area contributed by atoms with Crippen LogP contribution in [0.25, 0.3) is 0 Å². The fourth-order valence-electron chi connectivity index (χ4n) is 3.03. The molecular formula is C18H21N3O.